The van der Waals surface area contributed by atoms with Gasteiger partial charge in [0.1, 0.15) is 0 Å². The van der Waals surface area contributed by atoms with Gasteiger partial charge in [0.25, 0.3) is 0 Å². The van der Waals surface area contributed by atoms with Gasteiger partial charge >= 0.3 is 6.30 Å². The Bertz CT molecular complexity index is 327. The number of alkyl halides is 3. The van der Waals surface area contributed by atoms with Gasteiger partial charge in [-0.3, -0.25) is 0 Å². The van der Waals surface area contributed by atoms with Gasteiger partial charge < -0.3 is 5.43 Å². The topological polar surface area (TPSA) is 24.1 Å². The molecule has 1 aromatic carbocycles. The minimum absolute atomic E-state index is 0.178. The van der Waals surface area contributed by atoms with Crippen LogP contribution in [0.5, 0.6) is 0 Å². The van der Waals surface area contributed by atoms with Crippen LogP contribution in [0.3, 0.4) is 0 Å². The molecule has 0 aliphatic rings. The van der Waals surface area contributed by atoms with Crippen molar-refractivity contribution in [2.75, 3.05) is 5.43 Å². The Hall–Kier alpha value is -0.650. The van der Waals surface area contributed by atoms with Crippen LogP contribution < -0.4 is 10.9 Å². The van der Waals surface area contributed by atoms with E-state index in [4.69, 9.17) is 23.2 Å². The number of anilines is 1. The molecule has 78 valence electrons. The lowest BCUT2D eigenvalue weighted by Gasteiger charge is -2.11. The van der Waals surface area contributed by atoms with Gasteiger partial charge in [-0.1, -0.05) is 23.2 Å². The maximum absolute atomic E-state index is 11.7. The minimum Gasteiger partial charge on any atom is -0.314 e. The molecule has 0 bridgehead atoms. The Morgan fingerprint density at radius 2 is 1.71 bits per heavy atom. The Kier molecular flexibility index (Phi) is 3.47. The summed E-state index contributed by atoms with van der Waals surface area (Å²) in [4.78, 5) is 0. The lowest BCUT2D eigenvalue weighted by Crippen LogP contribution is -2.36. The fourth-order valence-electron chi connectivity index (χ4n) is 0.717. The second-order valence-corrected chi connectivity index (χ2v) is 3.19. The van der Waals surface area contributed by atoms with E-state index in [9.17, 15) is 13.2 Å². The summed E-state index contributed by atoms with van der Waals surface area (Å²) in [5.41, 5.74) is 3.25. The molecular formula is C7H5Cl2F3N2. The first-order valence-electron chi connectivity index (χ1n) is 3.43. The Balaban J connectivity index is 2.65. The maximum atomic E-state index is 11.7. The predicted molar refractivity (Wildman–Crippen MR) is 49.3 cm³/mol. The van der Waals surface area contributed by atoms with Crippen LogP contribution >= 0.6 is 23.2 Å². The number of benzene rings is 1. The van der Waals surface area contributed by atoms with Crippen molar-refractivity contribution in [1.82, 2.24) is 5.43 Å². The van der Waals surface area contributed by atoms with Crippen molar-refractivity contribution in [3.8, 4) is 0 Å². The molecule has 0 unspecified atom stereocenters. The van der Waals surface area contributed by atoms with E-state index >= 15 is 0 Å². The lowest BCUT2D eigenvalue weighted by atomic mass is 10.3. The maximum Gasteiger partial charge on any atom is 0.474 e. The van der Waals surface area contributed by atoms with Crippen molar-refractivity contribution in [1.29, 1.82) is 0 Å². The molecule has 0 heterocycles. The van der Waals surface area contributed by atoms with Gasteiger partial charge in [-0.15, -0.1) is 5.43 Å². The first-order chi connectivity index (χ1) is 6.38. The lowest BCUT2D eigenvalue weighted by molar-refractivity contribution is -0.151. The van der Waals surface area contributed by atoms with Crippen LogP contribution in [0.4, 0.5) is 18.9 Å². The summed E-state index contributed by atoms with van der Waals surface area (Å²) >= 11 is 11.2. The highest BCUT2D eigenvalue weighted by atomic mass is 35.5. The van der Waals surface area contributed by atoms with Gasteiger partial charge in [-0.25, -0.2) is 0 Å². The monoisotopic (exact) mass is 244 g/mol. The van der Waals surface area contributed by atoms with E-state index in [1.54, 1.807) is 0 Å². The van der Waals surface area contributed by atoms with Crippen LogP contribution in [0.1, 0.15) is 0 Å². The second-order valence-electron chi connectivity index (χ2n) is 2.38. The summed E-state index contributed by atoms with van der Waals surface area (Å²) in [7, 11) is 0. The van der Waals surface area contributed by atoms with Gasteiger partial charge in [0.2, 0.25) is 0 Å². The summed E-state index contributed by atoms with van der Waals surface area (Å²) in [6, 6.07) is 4.04. The Labute approximate surface area is 88.0 Å². The van der Waals surface area contributed by atoms with Crippen LogP contribution in [-0.4, -0.2) is 6.30 Å². The summed E-state index contributed by atoms with van der Waals surface area (Å²) in [5.74, 6) is 0. The molecule has 0 fully saturated rings. The number of hydrogen-bond acceptors (Lipinski definition) is 2. The normalized spacial score (nSPS) is 11.5. The molecule has 0 atom stereocenters. The predicted octanol–water partition coefficient (Wildman–Crippen LogP) is 3.43. The molecule has 14 heavy (non-hydrogen) atoms. The number of hydrogen-bond donors (Lipinski definition) is 2. The number of nitrogens with one attached hydrogen (secondary N) is 2. The van der Waals surface area contributed by atoms with Crippen LogP contribution in [0.2, 0.25) is 10.0 Å². The number of rotatable bonds is 2. The summed E-state index contributed by atoms with van der Waals surface area (Å²) < 4.78 is 35.1. The molecule has 0 saturated carbocycles. The van der Waals surface area contributed by atoms with Crippen molar-refractivity contribution < 1.29 is 13.2 Å². The van der Waals surface area contributed by atoms with Crippen molar-refractivity contribution in [2.24, 2.45) is 0 Å². The minimum atomic E-state index is -4.49. The zero-order chi connectivity index (χ0) is 10.8. The summed E-state index contributed by atoms with van der Waals surface area (Å²) in [6.45, 7) is 0. The van der Waals surface area contributed by atoms with Gasteiger partial charge in [-0.2, -0.15) is 13.2 Å². The van der Waals surface area contributed by atoms with Crippen LogP contribution in [0.15, 0.2) is 18.2 Å². The quantitative estimate of drug-likeness (QED) is 0.616. The van der Waals surface area contributed by atoms with E-state index in [1.165, 1.54) is 18.2 Å². The van der Waals surface area contributed by atoms with Gasteiger partial charge in [-0.05, 0) is 18.2 Å². The fraction of sp³-hybridized carbons (Fsp3) is 0.143. The SMILES string of the molecule is FC(F)(F)NNc1ccc(Cl)c(Cl)c1. The third-order valence-electron chi connectivity index (χ3n) is 1.27. The van der Waals surface area contributed by atoms with Crippen LogP contribution in [-0.2, 0) is 0 Å². The van der Waals surface area contributed by atoms with E-state index in [0.717, 1.165) is 5.43 Å². The smallest absolute Gasteiger partial charge is 0.314 e. The van der Waals surface area contributed by atoms with Crippen molar-refractivity contribution in [3.05, 3.63) is 28.2 Å². The standard InChI is InChI=1S/C7H5Cl2F3N2/c8-5-2-1-4(3-6(5)9)13-14-7(10,11)12/h1-3,13-14H. The highest BCUT2D eigenvalue weighted by molar-refractivity contribution is 6.42. The molecular weight excluding hydrogens is 240 g/mol. The van der Waals surface area contributed by atoms with Crippen LogP contribution in [0.25, 0.3) is 0 Å². The Morgan fingerprint density at radius 3 is 2.21 bits per heavy atom. The summed E-state index contributed by atoms with van der Waals surface area (Å²) in [5, 5.41) is 0.463. The third-order valence-corrected chi connectivity index (χ3v) is 2.01. The van der Waals surface area contributed by atoms with Gasteiger partial charge in [0, 0.05) is 0 Å². The highest BCUT2D eigenvalue weighted by Crippen LogP contribution is 2.25. The van der Waals surface area contributed by atoms with E-state index < -0.39 is 6.30 Å². The van der Waals surface area contributed by atoms with E-state index in [2.05, 4.69) is 0 Å². The largest absolute Gasteiger partial charge is 0.474 e. The first-order valence-corrected chi connectivity index (χ1v) is 4.19. The molecule has 2 nitrogen and oxygen atoms in total. The third kappa shape index (κ3) is 3.61. The molecule has 1 aromatic rings. The fourth-order valence-corrected chi connectivity index (χ4v) is 1.02. The molecule has 0 saturated heterocycles. The molecule has 1 rings (SSSR count). The average molecular weight is 245 g/mol. The zero-order valence-electron chi connectivity index (χ0n) is 6.62. The van der Waals surface area contributed by atoms with Gasteiger partial charge in [0.05, 0.1) is 15.7 Å². The molecule has 0 aromatic heterocycles. The van der Waals surface area contributed by atoms with Crippen LogP contribution in [0, 0.1) is 0 Å². The number of hydrazine groups is 1. The zero-order valence-corrected chi connectivity index (χ0v) is 8.13. The summed E-state index contributed by atoms with van der Waals surface area (Å²) in [6.07, 6.45) is -4.49. The molecule has 0 amide bonds. The molecule has 2 N–H and O–H groups in total. The molecule has 7 heteroatoms. The first kappa shape index (κ1) is 11.4. The van der Waals surface area contributed by atoms with Crippen molar-refractivity contribution in [3.63, 3.8) is 0 Å². The van der Waals surface area contributed by atoms with E-state index in [-0.39, 0.29) is 15.7 Å². The molecule has 0 radical (unpaired) electrons. The van der Waals surface area contributed by atoms with Crippen molar-refractivity contribution in [2.45, 2.75) is 6.30 Å². The highest BCUT2D eigenvalue weighted by Gasteiger charge is 2.26. The molecule has 0 spiro atoms. The number of halogens is 5. The second kappa shape index (κ2) is 4.25. The van der Waals surface area contributed by atoms with Crippen molar-refractivity contribution >= 4 is 28.9 Å². The molecule has 0 aliphatic carbocycles. The molecule has 0 aliphatic heterocycles. The van der Waals surface area contributed by atoms with E-state index in [1.807, 2.05) is 5.43 Å². The van der Waals surface area contributed by atoms with Gasteiger partial charge in [0.15, 0.2) is 0 Å². The van der Waals surface area contributed by atoms with E-state index in [0.29, 0.717) is 0 Å². The Morgan fingerprint density at radius 1 is 1.07 bits per heavy atom. The average Bonchev–Trinajstić information content (AvgIpc) is 2.06.